The number of rotatable bonds is 2. The van der Waals surface area contributed by atoms with Gasteiger partial charge in [-0.2, -0.15) is 0 Å². The Morgan fingerprint density at radius 1 is 1.29 bits per heavy atom. The van der Waals surface area contributed by atoms with Gasteiger partial charge in [0.05, 0.1) is 13.2 Å². The van der Waals surface area contributed by atoms with Crippen LogP contribution >= 0.6 is 0 Å². The lowest BCUT2D eigenvalue weighted by Gasteiger charge is -2.36. The number of hydrogen-bond donors (Lipinski definition) is 1. The van der Waals surface area contributed by atoms with Crippen molar-refractivity contribution in [2.45, 2.75) is 18.9 Å². The molecule has 114 valence electrons. The zero-order valence-corrected chi connectivity index (χ0v) is 12.1. The van der Waals surface area contributed by atoms with Gasteiger partial charge in [-0.15, -0.1) is 0 Å². The van der Waals surface area contributed by atoms with Crippen molar-refractivity contribution < 1.29 is 13.9 Å². The quantitative estimate of drug-likeness (QED) is 0.902. The zero-order chi connectivity index (χ0) is 14.7. The number of ether oxygens (including phenoxy) is 1. The van der Waals surface area contributed by atoms with E-state index in [0.717, 1.165) is 25.9 Å². The Morgan fingerprint density at radius 2 is 2.05 bits per heavy atom. The number of hydrogen-bond acceptors (Lipinski definition) is 3. The smallest absolute Gasteiger partial charge is 0.225 e. The van der Waals surface area contributed by atoms with Crippen LogP contribution in [0.5, 0.6) is 0 Å². The summed E-state index contributed by atoms with van der Waals surface area (Å²) in [5.41, 5.74) is 0.542. The van der Waals surface area contributed by atoms with Gasteiger partial charge < -0.3 is 15.0 Å². The third-order valence-corrected chi connectivity index (χ3v) is 4.32. The average molecular weight is 292 g/mol. The van der Waals surface area contributed by atoms with Crippen LogP contribution in [0.3, 0.4) is 0 Å². The van der Waals surface area contributed by atoms with E-state index in [1.807, 2.05) is 4.90 Å². The van der Waals surface area contributed by atoms with E-state index in [0.29, 0.717) is 25.3 Å². The van der Waals surface area contributed by atoms with Crippen molar-refractivity contribution in [3.05, 3.63) is 35.6 Å². The second-order valence-electron chi connectivity index (χ2n) is 5.69. The van der Waals surface area contributed by atoms with Crippen molar-refractivity contribution in [3.8, 4) is 0 Å². The highest BCUT2D eigenvalue weighted by atomic mass is 19.1. The number of morpholine rings is 1. The van der Waals surface area contributed by atoms with E-state index in [1.165, 1.54) is 6.07 Å². The van der Waals surface area contributed by atoms with Gasteiger partial charge in [0, 0.05) is 18.0 Å². The minimum absolute atomic E-state index is 0.102. The number of nitrogens with zero attached hydrogens (tertiary/aromatic N) is 1. The van der Waals surface area contributed by atoms with Crippen LogP contribution in [0, 0.1) is 11.7 Å². The van der Waals surface area contributed by atoms with Crippen molar-refractivity contribution in [2.24, 2.45) is 5.92 Å². The van der Waals surface area contributed by atoms with Crippen LogP contribution in [0.4, 0.5) is 4.39 Å². The number of benzene rings is 1. The number of halogens is 1. The minimum Gasteiger partial charge on any atom is -0.370 e. The Morgan fingerprint density at radius 3 is 2.81 bits per heavy atom. The standard InChI is InChI=1S/C16H21FN2O2/c17-14-4-2-1-3-13(14)15-11-19(9-10-21-15)16(20)12-5-7-18-8-6-12/h1-4,12,15,18H,5-11H2. The molecule has 2 saturated heterocycles. The molecular weight excluding hydrogens is 271 g/mol. The lowest BCUT2D eigenvalue weighted by molar-refractivity contribution is -0.144. The third-order valence-electron chi connectivity index (χ3n) is 4.32. The normalized spacial score (nSPS) is 24.0. The van der Waals surface area contributed by atoms with Crippen LogP contribution in [-0.2, 0) is 9.53 Å². The fourth-order valence-corrected chi connectivity index (χ4v) is 3.10. The molecule has 3 rings (SSSR count). The lowest BCUT2D eigenvalue weighted by atomic mass is 9.96. The second-order valence-corrected chi connectivity index (χ2v) is 5.69. The molecule has 1 atom stereocenters. The summed E-state index contributed by atoms with van der Waals surface area (Å²) in [5.74, 6) is 0.0328. The molecule has 0 radical (unpaired) electrons. The zero-order valence-electron chi connectivity index (χ0n) is 12.1. The Labute approximate surface area is 124 Å². The van der Waals surface area contributed by atoms with Crippen molar-refractivity contribution >= 4 is 5.91 Å². The molecule has 1 aromatic carbocycles. The van der Waals surface area contributed by atoms with Gasteiger partial charge >= 0.3 is 0 Å². The monoisotopic (exact) mass is 292 g/mol. The molecule has 0 aliphatic carbocycles. The summed E-state index contributed by atoms with van der Waals surface area (Å²) in [7, 11) is 0. The van der Waals surface area contributed by atoms with Crippen LogP contribution in [-0.4, -0.2) is 43.6 Å². The van der Waals surface area contributed by atoms with E-state index in [9.17, 15) is 9.18 Å². The summed E-state index contributed by atoms with van der Waals surface area (Å²) in [5, 5.41) is 3.27. The van der Waals surface area contributed by atoms with E-state index >= 15 is 0 Å². The fraction of sp³-hybridized carbons (Fsp3) is 0.562. The maximum Gasteiger partial charge on any atom is 0.225 e. The summed E-state index contributed by atoms with van der Waals surface area (Å²) in [6, 6.07) is 6.64. The molecule has 4 nitrogen and oxygen atoms in total. The van der Waals surface area contributed by atoms with Gasteiger partial charge in [-0.1, -0.05) is 18.2 Å². The lowest BCUT2D eigenvalue weighted by Crippen LogP contribution is -2.47. The molecule has 2 aliphatic rings. The van der Waals surface area contributed by atoms with Crippen LogP contribution in [0.15, 0.2) is 24.3 Å². The molecular formula is C16H21FN2O2. The molecule has 0 bridgehead atoms. The summed E-state index contributed by atoms with van der Waals surface area (Å²) < 4.78 is 19.5. The molecule has 5 heteroatoms. The predicted molar refractivity (Wildman–Crippen MR) is 77.3 cm³/mol. The van der Waals surface area contributed by atoms with Crippen LogP contribution in [0.1, 0.15) is 24.5 Å². The van der Waals surface area contributed by atoms with Crippen molar-refractivity contribution in [3.63, 3.8) is 0 Å². The Hall–Kier alpha value is -1.46. The first-order valence-electron chi connectivity index (χ1n) is 7.61. The molecule has 2 heterocycles. The van der Waals surface area contributed by atoms with E-state index in [4.69, 9.17) is 4.74 Å². The fourth-order valence-electron chi connectivity index (χ4n) is 3.10. The first-order valence-corrected chi connectivity index (χ1v) is 7.61. The first-order chi connectivity index (χ1) is 10.3. The van der Waals surface area contributed by atoms with Gasteiger partial charge in [0.1, 0.15) is 11.9 Å². The maximum atomic E-state index is 13.9. The second kappa shape index (κ2) is 6.54. The van der Waals surface area contributed by atoms with Gasteiger partial charge in [0.2, 0.25) is 5.91 Å². The number of carbonyl (C=O) groups is 1. The van der Waals surface area contributed by atoms with Gasteiger partial charge in [0.15, 0.2) is 0 Å². The molecule has 1 unspecified atom stereocenters. The van der Waals surface area contributed by atoms with Crippen molar-refractivity contribution in [1.29, 1.82) is 0 Å². The highest BCUT2D eigenvalue weighted by molar-refractivity contribution is 5.79. The number of amides is 1. The van der Waals surface area contributed by atoms with Gasteiger partial charge in [0.25, 0.3) is 0 Å². The summed E-state index contributed by atoms with van der Waals surface area (Å²) in [4.78, 5) is 14.4. The number of piperidine rings is 1. The average Bonchev–Trinajstić information content (AvgIpc) is 2.55. The Bertz CT molecular complexity index is 503. The van der Waals surface area contributed by atoms with Gasteiger partial charge in [-0.25, -0.2) is 4.39 Å². The van der Waals surface area contributed by atoms with E-state index in [1.54, 1.807) is 18.2 Å². The van der Waals surface area contributed by atoms with Crippen LogP contribution < -0.4 is 5.32 Å². The molecule has 0 saturated carbocycles. The summed E-state index contributed by atoms with van der Waals surface area (Å²) in [6.45, 7) is 3.32. The molecule has 21 heavy (non-hydrogen) atoms. The third kappa shape index (κ3) is 3.24. The highest BCUT2D eigenvalue weighted by Crippen LogP contribution is 2.26. The molecule has 1 aromatic rings. The van der Waals surface area contributed by atoms with Crippen LogP contribution in [0.2, 0.25) is 0 Å². The van der Waals surface area contributed by atoms with Crippen molar-refractivity contribution in [1.82, 2.24) is 10.2 Å². The van der Waals surface area contributed by atoms with Crippen LogP contribution in [0.25, 0.3) is 0 Å². The molecule has 1 amide bonds. The van der Waals surface area contributed by atoms with E-state index in [2.05, 4.69) is 5.32 Å². The predicted octanol–water partition coefficient (Wildman–Crippen LogP) is 1.73. The SMILES string of the molecule is O=C(C1CCNCC1)N1CCOC(c2ccccc2F)C1. The Balaban J connectivity index is 1.68. The van der Waals surface area contributed by atoms with Gasteiger partial charge in [-0.3, -0.25) is 4.79 Å². The first kappa shape index (κ1) is 14.5. The molecule has 0 spiro atoms. The van der Waals surface area contributed by atoms with E-state index < -0.39 is 0 Å². The number of carbonyl (C=O) groups excluding carboxylic acids is 1. The largest absolute Gasteiger partial charge is 0.370 e. The Kier molecular flexibility index (Phi) is 4.51. The molecule has 2 aliphatic heterocycles. The minimum atomic E-state index is -0.356. The number of nitrogens with one attached hydrogen (secondary N) is 1. The van der Waals surface area contributed by atoms with Crippen molar-refractivity contribution in [2.75, 3.05) is 32.8 Å². The maximum absolute atomic E-state index is 13.9. The topological polar surface area (TPSA) is 41.6 Å². The molecule has 2 fully saturated rings. The highest BCUT2D eigenvalue weighted by Gasteiger charge is 2.31. The van der Waals surface area contributed by atoms with E-state index in [-0.39, 0.29) is 23.7 Å². The summed E-state index contributed by atoms with van der Waals surface area (Å²) in [6.07, 6.45) is 1.42. The molecule has 1 N–H and O–H groups in total. The molecule has 0 aromatic heterocycles. The summed E-state index contributed by atoms with van der Waals surface area (Å²) >= 11 is 0. The van der Waals surface area contributed by atoms with Gasteiger partial charge in [-0.05, 0) is 32.0 Å².